The highest BCUT2D eigenvalue weighted by Gasteiger charge is 2.33. The number of likely N-dealkylation sites (tertiary alicyclic amines) is 1. The van der Waals surface area contributed by atoms with Crippen LogP contribution in [-0.4, -0.2) is 58.1 Å². The van der Waals surface area contributed by atoms with Gasteiger partial charge in [0, 0.05) is 32.9 Å². The maximum absolute atomic E-state index is 12.6. The third-order valence-electron chi connectivity index (χ3n) is 4.27. The molecule has 0 aromatic carbocycles. The lowest BCUT2D eigenvalue weighted by molar-refractivity contribution is 0.0226. The Labute approximate surface area is 138 Å². The van der Waals surface area contributed by atoms with Gasteiger partial charge < -0.3 is 19.1 Å². The van der Waals surface area contributed by atoms with E-state index in [0.717, 1.165) is 12.1 Å². The second kappa shape index (κ2) is 6.26. The van der Waals surface area contributed by atoms with Gasteiger partial charge >= 0.3 is 6.09 Å². The molecule has 6 nitrogen and oxygen atoms in total. The Hall–Kier alpha value is -1.98. The molecule has 0 spiro atoms. The molecule has 1 aromatic rings. The largest absolute Gasteiger partial charge is 0.444 e. The number of aryl methyl sites for hydroxylation is 1. The molecule has 128 valence electrons. The molecule has 23 heavy (non-hydrogen) atoms. The number of hydrogen-bond acceptors (Lipinski definition) is 3. The molecule has 2 amide bonds. The Morgan fingerprint density at radius 2 is 1.96 bits per heavy atom. The molecule has 0 N–H and O–H groups in total. The molecule has 1 saturated heterocycles. The van der Waals surface area contributed by atoms with Crippen LogP contribution in [0.4, 0.5) is 4.79 Å². The summed E-state index contributed by atoms with van der Waals surface area (Å²) < 4.78 is 7.29. The van der Waals surface area contributed by atoms with E-state index < -0.39 is 5.60 Å². The van der Waals surface area contributed by atoms with Crippen molar-refractivity contribution in [2.24, 2.45) is 7.05 Å². The van der Waals surface area contributed by atoms with E-state index in [1.807, 2.05) is 51.4 Å². The summed E-state index contributed by atoms with van der Waals surface area (Å²) in [6.45, 7) is 8.71. The average Bonchev–Trinajstić information content (AvgIpc) is 3.04. The highest BCUT2D eigenvalue weighted by Crippen LogP contribution is 2.20. The topological polar surface area (TPSA) is 54.8 Å². The third kappa shape index (κ3) is 3.86. The van der Waals surface area contributed by atoms with E-state index in [-0.39, 0.29) is 18.0 Å². The molecule has 1 unspecified atom stereocenters. The minimum atomic E-state index is -0.514. The number of carbonyl (C=O) groups excluding carboxylic acids is 2. The van der Waals surface area contributed by atoms with Crippen LogP contribution in [0.2, 0.25) is 0 Å². The summed E-state index contributed by atoms with van der Waals surface area (Å²) in [4.78, 5) is 28.2. The van der Waals surface area contributed by atoms with Gasteiger partial charge in [0.05, 0.1) is 6.04 Å². The lowest BCUT2D eigenvalue weighted by Gasteiger charge is -2.28. The van der Waals surface area contributed by atoms with Crippen LogP contribution in [0.25, 0.3) is 0 Å². The average molecular weight is 321 g/mol. The summed E-state index contributed by atoms with van der Waals surface area (Å²) in [7, 11) is 3.63. The van der Waals surface area contributed by atoms with Gasteiger partial charge in [-0.15, -0.1) is 0 Å². The summed E-state index contributed by atoms with van der Waals surface area (Å²) in [5.74, 6) is 0.0145. The molecule has 1 atom stereocenters. The van der Waals surface area contributed by atoms with Crippen molar-refractivity contribution < 1.29 is 14.3 Å². The van der Waals surface area contributed by atoms with E-state index in [9.17, 15) is 9.59 Å². The van der Waals surface area contributed by atoms with Crippen molar-refractivity contribution in [1.29, 1.82) is 0 Å². The van der Waals surface area contributed by atoms with Crippen molar-refractivity contribution in [3.8, 4) is 0 Å². The zero-order valence-corrected chi connectivity index (χ0v) is 14.9. The standard InChI is InChI=1S/C17H27N3O3/c1-12-7-8-14(18(12)5)15(21)20-10-9-13(11-20)19(6)16(22)23-17(2,3)4/h7-8,13H,9-11H2,1-6H3. The van der Waals surface area contributed by atoms with Crippen LogP contribution in [0.3, 0.4) is 0 Å². The fraction of sp³-hybridized carbons (Fsp3) is 0.647. The first-order chi connectivity index (χ1) is 10.6. The van der Waals surface area contributed by atoms with Gasteiger partial charge in [0.15, 0.2) is 0 Å². The van der Waals surface area contributed by atoms with E-state index >= 15 is 0 Å². The third-order valence-corrected chi connectivity index (χ3v) is 4.27. The number of rotatable bonds is 2. The predicted molar refractivity (Wildman–Crippen MR) is 88.5 cm³/mol. The zero-order chi connectivity index (χ0) is 17.4. The first-order valence-corrected chi connectivity index (χ1v) is 7.97. The summed E-state index contributed by atoms with van der Waals surface area (Å²) in [5.41, 5.74) is 1.22. The number of hydrogen-bond donors (Lipinski definition) is 0. The van der Waals surface area contributed by atoms with E-state index in [1.165, 1.54) is 0 Å². The Balaban J connectivity index is 1.99. The normalized spacial score (nSPS) is 18.2. The second-order valence-corrected chi connectivity index (χ2v) is 7.20. The molecule has 6 heteroatoms. The molecule has 1 aliphatic heterocycles. The maximum Gasteiger partial charge on any atom is 0.410 e. The number of ether oxygens (including phenoxy) is 1. The molecule has 0 aliphatic carbocycles. The molecule has 2 rings (SSSR count). The summed E-state index contributed by atoms with van der Waals surface area (Å²) in [6, 6.07) is 3.78. The summed E-state index contributed by atoms with van der Waals surface area (Å²) in [6.07, 6.45) is 0.428. The second-order valence-electron chi connectivity index (χ2n) is 7.20. The fourth-order valence-corrected chi connectivity index (χ4v) is 2.72. The number of nitrogens with zero attached hydrogens (tertiary/aromatic N) is 3. The van der Waals surface area contributed by atoms with Gasteiger partial charge in [0.25, 0.3) is 5.91 Å². The van der Waals surface area contributed by atoms with Gasteiger partial charge in [-0.05, 0) is 46.2 Å². The minimum absolute atomic E-state index is 0.00448. The molecule has 0 saturated carbocycles. The number of likely N-dealkylation sites (N-methyl/N-ethyl adjacent to an activating group) is 1. The lowest BCUT2D eigenvalue weighted by atomic mass is 10.2. The number of amides is 2. The van der Waals surface area contributed by atoms with Gasteiger partial charge in [-0.2, -0.15) is 0 Å². The van der Waals surface area contributed by atoms with Crippen molar-refractivity contribution in [2.45, 2.75) is 45.8 Å². The van der Waals surface area contributed by atoms with Crippen molar-refractivity contribution in [3.05, 3.63) is 23.5 Å². The first-order valence-electron chi connectivity index (χ1n) is 7.97. The Morgan fingerprint density at radius 3 is 2.48 bits per heavy atom. The molecule has 0 radical (unpaired) electrons. The Bertz CT molecular complexity index is 601. The van der Waals surface area contributed by atoms with Crippen LogP contribution in [0.1, 0.15) is 43.4 Å². The number of carbonyl (C=O) groups is 2. The van der Waals surface area contributed by atoms with Gasteiger partial charge in [0.2, 0.25) is 0 Å². The smallest absolute Gasteiger partial charge is 0.410 e. The van der Waals surface area contributed by atoms with Gasteiger partial charge in [-0.1, -0.05) is 0 Å². The van der Waals surface area contributed by atoms with E-state index in [2.05, 4.69) is 0 Å². The monoisotopic (exact) mass is 321 g/mol. The Morgan fingerprint density at radius 1 is 1.30 bits per heavy atom. The molecule has 2 heterocycles. The van der Waals surface area contributed by atoms with Crippen LogP contribution in [0.5, 0.6) is 0 Å². The fourth-order valence-electron chi connectivity index (χ4n) is 2.72. The van der Waals surface area contributed by atoms with Gasteiger partial charge in [0.1, 0.15) is 11.3 Å². The number of aromatic nitrogens is 1. The highest BCUT2D eigenvalue weighted by atomic mass is 16.6. The molecular weight excluding hydrogens is 294 g/mol. The van der Waals surface area contributed by atoms with Crippen molar-refractivity contribution in [3.63, 3.8) is 0 Å². The van der Waals surface area contributed by atoms with E-state index in [0.29, 0.717) is 18.8 Å². The van der Waals surface area contributed by atoms with Crippen molar-refractivity contribution >= 4 is 12.0 Å². The summed E-state index contributed by atoms with van der Waals surface area (Å²) in [5, 5.41) is 0. The van der Waals surface area contributed by atoms with Crippen molar-refractivity contribution in [1.82, 2.24) is 14.4 Å². The van der Waals surface area contributed by atoms with Gasteiger partial charge in [-0.3, -0.25) is 4.79 Å². The van der Waals surface area contributed by atoms with Crippen LogP contribution in [-0.2, 0) is 11.8 Å². The molecular formula is C17H27N3O3. The maximum atomic E-state index is 12.6. The van der Waals surface area contributed by atoms with Gasteiger partial charge in [-0.25, -0.2) is 4.79 Å². The molecule has 1 fully saturated rings. The molecule has 0 bridgehead atoms. The SMILES string of the molecule is Cc1ccc(C(=O)N2CCC(N(C)C(=O)OC(C)(C)C)C2)n1C. The Kier molecular flexibility index (Phi) is 4.73. The quantitative estimate of drug-likeness (QED) is 0.840. The van der Waals surface area contributed by atoms with E-state index in [1.54, 1.807) is 16.8 Å². The predicted octanol–water partition coefficient (Wildman–Crippen LogP) is 2.41. The van der Waals surface area contributed by atoms with Crippen LogP contribution >= 0.6 is 0 Å². The molecule has 1 aromatic heterocycles. The van der Waals surface area contributed by atoms with E-state index in [4.69, 9.17) is 4.74 Å². The van der Waals surface area contributed by atoms with Crippen LogP contribution in [0, 0.1) is 6.92 Å². The molecule has 1 aliphatic rings. The lowest BCUT2D eigenvalue weighted by Crippen LogP contribution is -2.42. The highest BCUT2D eigenvalue weighted by molar-refractivity contribution is 5.93. The first kappa shape index (κ1) is 17.4. The minimum Gasteiger partial charge on any atom is -0.444 e. The summed E-state index contributed by atoms with van der Waals surface area (Å²) >= 11 is 0. The zero-order valence-electron chi connectivity index (χ0n) is 14.9. The van der Waals surface area contributed by atoms with Crippen LogP contribution in [0.15, 0.2) is 12.1 Å². The van der Waals surface area contributed by atoms with Crippen LogP contribution < -0.4 is 0 Å². The van der Waals surface area contributed by atoms with Crippen molar-refractivity contribution in [2.75, 3.05) is 20.1 Å².